The number of hydrogen-bond acceptors (Lipinski definition) is 4. The van der Waals surface area contributed by atoms with E-state index in [1.54, 1.807) is 14.2 Å². The predicted octanol–water partition coefficient (Wildman–Crippen LogP) is 0.884. The number of methoxy groups -OCH3 is 2. The summed E-state index contributed by atoms with van der Waals surface area (Å²) < 4.78 is 16.6. The standard InChI is InChI=1S/C11H21NO4/c1-8-6-10(3,14-4)16-11(8,15-5)7-12-9(2)13/h8H,6-7H2,1-5H3,(H,12,13). The summed E-state index contributed by atoms with van der Waals surface area (Å²) in [5.41, 5.74) is 0. The summed E-state index contributed by atoms with van der Waals surface area (Å²) >= 11 is 0. The topological polar surface area (TPSA) is 56.8 Å². The molecule has 5 heteroatoms. The Morgan fingerprint density at radius 1 is 1.50 bits per heavy atom. The lowest BCUT2D eigenvalue weighted by atomic mass is 9.97. The van der Waals surface area contributed by atoms with Crippen LogP contribution in [0.15, 0.2) is 0 Å². The van der Waals surface area contributed by atoms with Gasteiger partial charge in [0.15, 0.2) is 11.6 Å². The Balaban J connectivity index is 2.76. The van der Waals surface area contributed by atoms with E-state index in [1.807, 2.05) is 13.8 Å². The molecule has 1 fully saturated rings. The van der Waals surface area contributed by atoms with E-state index in [1.165, 1.54) is 6.92 Å². The molecular formula is C11H21NO4. The number of hydrogen-bond donors (Lipinski definition) is 1. The van der Waals surface area contributed by atoms with Gasteiger partial charge in [-0.1, -0.05) is 6.92 Å². The summed E-state index contributed by atoms with van der Waals surface area (Å²) in [6.07, 6.45) is 0.733. The minimum atomic E-state index is -0.795. The third-order valence-corrected chi connectivity index (χ3v) is 3.18. The lowest BCUT2D eigenvalue weighted by Gasteiger charge is -2.33. The second kappa shape index (κ2) is 4.69. The maximum Gasteiger partial charge on any atom is 0.217 e. The molecule has 0 radical (unpaired) electrons. The van der Waals surface area contributed by atoms with Crippen molar-refractivity contribution < 1.29 is 19.0 Å². The highest BCUT2D eigenvalue weighted by Crippen LogP contribution is 2.42. The normalized spacial score (nSPS) is 38.7. The summed E-state index contributed by atoms with van der Waals surface area (Å²) in [5.74, 6) is -1.39. The van der Waals surface area contributed by atoms with Crippen LogP contribution < -0.4 is 5.32 Å². The van der Waals surface area contributed by atoms with Gasteiger partial charge in [-0.2, -0.15) is 0 Å². The van der Waals surface area contributed by atoms with Crippen LogP contribution in [0.4, 0.5) is 0 Å². The van der Waals surface area contributed by atoms with Crippen LogP contribution >= 0.6 is 0 Å². The molecule has 0 spiro atoms. The Bertz CT molecular complexity index is 271. The zero-order chi connectivity index (χ0) is 12.4. The van der Waals surface area contributed by atoms with Gasteiger partial charge in [0.05, 0.1) is 6.54 Å². The van der Waals surface area contributed by atoms with Crippen LogP contribution in [0.25, 0.3) is 0 Å². The fourth-order valence-corrected chi connectivity index (χ4v) is 2.12. The molecule has 0 bridgehead atoms. The van der Waals surface area contributed by atoms with Gasteiger partial charge >= 0.3 is 0 Å². The molecule has 0 aromatic heterocycles. The second-order valence-corrected chi connectivity index (χ2v) is 4.47. The molecule has 1 aliphatic rings. The van der Waals surface area contributed by atoms with Crippen LogP contribution in [-0.4, -0.2) is 38.2 Å². The number of carbonyl (C=O) groups is 1. The van der Waals surface area contributed by atoms with Crippen molar-refractivity contribution in [1.29, 1.82) is 0 Å². The SMILES string of the molecule is COC1(C)CC(C)C(CNC(C)=O)(OC)O1. The first-order chi connectivity index (χ1) is 7.37. The fourth-order valence-electron chi connectivity index (χ4n) is 2.12. The van der Waals surface area contributed by atoms with Crippen molar-refractivity contribution in [3.05, 3.63) is 0 Å². The molecule has 5 nitrogen and oxygen atoms in total. The number of nitrogens with one attached hydrogen (secondary N) is 1. The Morgan fingerprint density at radius 2 is 2.12 bits per heavy atom. The van der Waals surface area contributed by atoms with Gasteiger partial charge in [0.25, 0.3) is 0 Å². The summed E-state index contributed by atoms with van der Waals surface area (Å²) in [7, 11) is 3.19. The van der Waals surface area contributed by atoms with Crippen LogP contribution in [0.2, 0.25) is 0 Å². The molecule has 16 heavy (non-hydrogen) atoms. The van der Waals surface area contributed by atoms with Gasteiger partial charge in [-0.25, -0.2) is 0 Å². The van der Waals surface area contributed by atoms with E-state index in [2.05, 4.69) is 5.32 Å². The van der Waals surface area contributed by atoms with E-state index in [4.69, 9.17) is 14.2 Å². The van der Waals surface area contributed by atoms with Crippen molar-refractivity contribution in [3.8, 4) is 0 Å². The van der Waals surface area contributed by atoms with Crippen LogP contribution in [-0.2, 0) is 19.0 Å². The van der Waals surface area contributed by atoms with Crippen LogP contribution in [0.5, 0.6) is 0 Å². The molecule has 0 aromatic carbocycles. The molecule has 3 atom stereocenters. The molecule has 1 amide bonds. The van der Waals surface area contributed by atoms with Crippen molar-refractivity contribution >= 4 is 5.91 Å². The van der Waals surface area contributed by atoms with E-state index in [-0.39, 0.29) is 11.8 Å². The highest BCUT2D eigenvalue weighted by molar-refractivity contribution is 5.72. The average molecular weight is 231 g/mol. The monoisotopic (exact) mass is 231 g/mol. The number of rotatable bonds is 4. The van der Waals surface area contributed by atoms with Gasteiger partial charge in [0.1, 0.15) is 0 Å². The van der Waals surface area contributed by atoms with Gasteiger partial charge in [-0.05, 0) is 6.92 Å². The van der Waals surface area contributed by atoms with Crippen LogP contribution in [0.1, 0.15) is 27.2 Å². The van der Waals surface area contributed by atoms with E-state index in [0.29, 0.717) is 6.54 Å². The smallest absolute Gasteiger partial charge is 0.217 e. The van der Waals surface area contributed by atoms with Crippen molar-refractivity contribution in [3.63, 3.8) is 0 Å². The zero-order valence-electron chi connectivity index (χ0n) is 10.6. The Morgan fingerprint density at radius 3 is 2.50 bits per heavy atom. The lowest BCUT2D eigenvalue weighted by molar-refractivity contribution is -0.303. The van der Waals surface area contributed by atoms with Crippen molar-refractivity contribution in [2.45, 2.75) is 38.8 Å². The van der Waals surface area contributed by atoms with Gasteiger partial charge in [0.2, 0.25) is 5.91 Å². The number of carbonyl (C=O) groups excluding carboxylic acids is 1. The van der Waals surface area contributed by atoms with E-state index >= 15 is 0 Å². The quantitative estimate of drug-likeness (QED) is 0.780. The number of amides is 1. The molecule has 0 aromatic rings. The predicted molar refractivity (Wildman–Crippen MR) is 58.7 cm³/mol. The fraction of sp³-hybridized carbons (Fsp3) is 0.909. The molecule has 0 saturated carbocycles. The minimum Gasteiger partial charge on any atom is -0.353 e. The van der Waals surface area contributed by atoms with Gasteiger partial charge < -0.3 is 19.5 Å². The first kappa shape index (κ1) is 13.4. The Kier molecular flexibility index (Phi) is 3.93. The summed E-state index contributed by atoms with van der Waals surface area (Å²) in [5, 5.41) is 2.73. The van der Waals surface area contributed by atoms with E-state index < -0.39 is 11.6 Å². The molecular weight excluding hydrogens is 210 g/mol. The lowest BCUT2D eigenvalue weighted by Crippen LogP contribution is -2.48. The van der Waals surface area contributed by atoms with Crippen molar-refractivity contribution in [2.24, 2.45) is 5.92 Å². The molecule has 1 heterocycles. The van der Waals surface area contributed by atoms with Crippen LogP contribution in [0, 0.1) is 5.92 Å². The Hall–Kier alpha value is -0.650. The first-order valence-corrected chi connectivity index (χ1v) is 5.42. The van der Waals surface area contributed by atoms with Gasteiger partial charge in [-0.3, -0.25) is 4.79 Å². The minimum absolute atomic E-state index is 0.0988. The molecule has 3 unspecified atom stereocenters. The van der Waals surface area contributed by atoms with E-state index in [9.17, 15) is 4.79 Å². The molecule has 1 N–H and O–H groups in total. The summed E-state index contributed by atoms with van der Waals surface area (Å²) in [4.78, 5) is 10.9. The third-order valence-electron chi connectivity index (χ3n) is 3.18. The highest BCUT2D eigenvalue weighted by atomic mass is 16.8. The van der Waals surface area contributed by atoms with E-state index in [0.717, 1.165) is 6.42 Å². The maximum atomic E-state index is 10.9. The molecule has 1 aliphatic heterocycles. The molecule has 94 valence electrons. The molecule has 0 aliphatic carbocycles. The summed E-state index contributed by atoms with van der Waals surface area (Å²) in [6.45, 7) is 5.70. The van der Waals surface area contributed by atoms with Gasteiger partial charge in [0, 0.05) is 33.5 Å². The zero-order valence-corrected chi connectivity index (χ0v) is 10.6. The number of ether oxygens (including phenoxy) is 3. The van der Waals surface area contributed by atoms with Crippen molar-refractivity contribution in [1.82, 2.24) is 5.32 Å². The molecule has 1 saturated heterocycles. The Labute approximate surface area is 96.4 Å². The van der Waals surface area contributed by atoms with Gasteiger partial charge in [-0.15, -0.1) is 0 Å². The first-order valence-electron chi connectivity index (χ1n) is 5.42. The van der Waals surface area contributed by atoms with Crippen molar-refractivity contribution in [2.75, 3.05) is 20.8 Å². The summed E-state index contributed by atoms with van der Waals surface area (Å²) in [6, 6.07) is 0. The maximum absolute atomic E-state index is 10.9. The largest absolute Gasteiger partial charge is 0.353 e. The molecule has 1 rings (SSSR count). The highest BCUT2D eigenvalue weighted by Gasteiger charge is 2.52. The average Bonchev–Trinajstić information content (AvgIpc) is 2.49. The second-order valence-electron chi connectivity index (χ2n) is 4.47. The third kappa shape index (κ3) is 2.53. The van der Waals surface area contributed by atoms with Crippen LogP contribution in [0.3, 0.4) is 0 Å².